The van der Waals surface area contributed by atoms with E-state index in [-0.39, 0.29) is 0 Å². The zero-order chi connectivity index (χ0) is 13.1. The maximum atomic E-state index is 6.68. The maximum absolute atomic E-state index is 6.68. The molecule has 5 unspecified atom stereocenters. The minimum absolute atomic E-state index is 0.429. The Kier molecular flexibility index (Phi) is 5.77. The predicted octanol–water partition coefficient (Wildman–Crippen LogP) is 4.01. The fourth-order valence-electron chi connectivity index (χ4n) is 3.89. The molecule has 2 fully saturated rings. The topological polar surface area (TPSA) is 26.0 Å². The van der Waals surface area contributed by atoms with Crippen molar-refractivity contribution in [3.8, 4) is 0 Å². The smallest absolute Gasteiger partial charge is 0.0320 e. The summed E-state index contributed by atoms with van der Waals surface area (Å²) in [6.07, 6.45) is 5.42. The van der Waals surface area contributed by atoms with Crippen LogP contribution in [0.15, 0.2) is 0 Å². The summed E-state index contributed by atoms with van der Waals surface area (Å²) in [7, 11) is 0. The van der Waals surface area contributed by atoms with Gasteiger partial charge in [0.2, 0.25) is 0 Å². The summed E-state index contributed by atoms with van der Waals surface area (Å²) in [6, 6.07) is 0.429. The molecule has 2 rings (SSSR count). The third-order valence-corrected chi connectivity index (χ3v) is 8.03. The molecule has 1 aliphatic heterocycles. The van der Waals surface area contributed by atoms with Crippen LogP contribution in [-0.4, -0.2) is 28.0 Å². The van der Waals surface area contributed by atoms with Crippen LogP contribution in [0.1, 0.15) is 46.5 Å². The van der Waals surface area contributed by atoms with Crippen molar-refractivity contribution >= 4 is 23.5 Å². The first-order valence-corrected chi connectivity index (χ1v) is 9.70. The van der Waals surface area contributed by atoms with E-state index in [1.165, 1.54) is 37.2 Å². The van der Waals surface area contributed by atoms with E-state index in [1.807, 2.05) is 0 Å². The van der Waals surface area contributed by atoms with Crippen molar-refractivity contribution in [1.29, 1.82) is 0 Å². The molecule has 1 nitrogen and oxygen atoms in total. The number of thioether (sulfide) groups is 2. The second kappa shape index (κ2) is 6.90. The van der Waals surface area contributed by atoms with Gasteiger partial charge in [-0.3, -0.25) is 0 Å². The standard InChI is InChI=1S/C15H29NS2/c1-4-13-15(18-6-5-17-13)14(16)12-8-10(2)7-11(3)9-12/h10-15H,4-9,16H2,1-3H3. The largest absolute Gasteiger partial charge is 0.326 e. The molecule has 0 spiro atoms. The Morgan fingerprint density at radius 2 is 1.67 bits per heavy atom. The molecule has 1 saturated heterocycles. The second-order valence-corrected chi connectivity index (χ2v) is 9.04. The lowest BCUT2D eigenvalue weighted by Crippen LogP contribution is -2.48. The summed E-state index contributed by atoms with van der Waals surface area (Å²) in [5.74, 6) is 5.16. The van der Waals surface area contributed by atoms with Crippen molar-refractivity contribution in [1.82, 2.24) is 0 Å². The highest BCUT2D eigenvalue weighted by Gasteiger charge is 2.37. The SMILES string of the molecule is CCC1SCCSC1C(N)C1CC(C)CC(C)C1. The number of nitrogens with two attached hydrogens (primary N) is 1. The van der Waals surface area contributed by atoms with Gasteiger partial charge in [-0.1, -0.05) is 20.8 Å². The molecule has 0 aromatic heterocycles. The van der Waals surface area contributed by atoms with Crippen LogP contribution >= 0.6 is 23.5 Å². The average Bonchev–Trinajstić information content (AvgIpc) is 2.36. The average molecular weight is 288 g/mol. The van der Waals surface area contributed by atoms with Gasteiger partial charge in [-0.15, -0.1) is 0 Å². The van der Waals surface area contributed by atoms with Crippen LogP contribution in [0.3, 0.4) is 0 Å². The Labute approximate surface area is 121 Å². The summed E-state index contributed by atoms with van der Waals surface area (Å²) in [5, 5.41) is 1.50. The highest BCUT2D eigenvalue weighted by atomic mass is 32.2. The highest BCUT2D eigenvalue weighted by Crippen LogP contribution is 2.41. The molecule has 0 aromatic carbocycles. The predicted molar refractivity (Wildman–Crippen MR) is 86.4 cm³/mol. The minimum atomic E-state index is 0.429. The third-order valence-electron chi connectivity index (χ3n) is 4.63. The molecular weight excluding hydrogens is 258 g/mol. The fourth-order valence-corrected chi connectivity index (χ4v) is 7.16. The van der Waals surface area contributed by atoms with Crippen molar-refractivity contribution < 1.29 is 0 Å². The Balaban J connectivity index is 1.98. The summed E-state index contributed by atoms with van der Waals surface area (Å²) >= 11 is 4.32. The molecule has 106 valence electrons. The van der Waals surface area contributed by atoms with Gasteiger partial charge in [-0.2, -0.15) is 23.5 Å². The fraction of sp³-hybridized carbons (Fsp3) is 1.00. The molecular formula is C15H29NS2. The highest BCUT2D eigenvalue weighted by molar-refractivity contribution is 8.07. The van der Waals surface area contributed by atoms with Crippen LogP contribution < -0.4 is 5.73 Å². The third kappa shape index (κ3) is 3.61. The first-order valence-electron chi connectivity index (χ1n) is 7.60. The van der Waals surface area contributed by atoms with E-state index in [9.17, 15) is 0 Å². The van der Waals surface area contributed by atoms with E-state index >= 15 is 0 Å². The summed E-state index contributed by atoms with van der Waals surface area (Å²) < 4.78 is 0. The van der Waals surface area contributed by atoms with E-state index in [2.05, 4.69) is 44.3 Å². The molecule has 1 heterocycles. The molecule has 1 saturated carbocycles. The lowest BCUT2D eigenvalue weighted by Gasteiger charge is -2.41. The van der Waals surface area contributed by atoms with Crippen LogP contribution in [0.4, 0.5) is 0 Å². The van der Waals surface area contributed by atoms with Gasteiger partial charge < -0.3 is 5.73 Å². The summed E-state index contributed by atoms with van der Waals surface area (Å²) in [6.45, 7) is 7.15. The number of hydrogen-bond donors (Lipinski definition) is 1. The minimum Gasteiger partial charge on any atom is -0.326 e. The molecule has 0 bridgehead atoms. The quantitative estimate of drug-likeness (QED) is 0.849. The van der Waals surface area contributed by atoms with Gasteiger partial charge >= 0.3 is 0 Å². The normalized spacial score (nSPS) is 43.7. The van der Waals surface area contributed by atoms with Crippen molar-refractivity contribution in [3.63, 3.8) is 0 Å². The van der Waals surface area contributed by atoms with Gasteiger partial charge in [0.05, 0.1) is 0 Å². The first kappa shape index (κ1) is 15.1. The van der Waals surface area contributed by atoms with Gasteiger partial charge in [0, 0.05) is 28.0 Å². The van der Waals surface area contributed by atoms with Crippen LogP contribution in [0.25, 0.3) is 0 Å². The molecule has 0 radical (unpaired) electrons. The molecule has 2 N–H and O–H groups in total. The van der Waals surface area contributed by atoms with Crippen LogP contribution in [0, 0.1) is 17.8 Å². The second-order valence-electron chi connectivity index (χ2n) is 6.41. The van der Waals surface area contributed by atoms with Gasteiger partial charge in [0.1, 0.15) is 0 Å². The zero-order valence-corrected chi connectivity index (χ0v) is 13.7. The lowest BCUT2D eigenvalue weighted by atomic mass is 9.73. The van der Waals surface area contributed by atoms with Crippen LogP contribution in [0.5, 0.6) is 0 Å². The van der Waals surface area contributed by atoms with Gasteiger partial charge in [0.25, 0.3) is 0 Å². The molecule has 18 heavy (non-hydrogen) atoms. The van der Waals surface area contributed by atoms with Gasteiger partial charge in [-0.25, -0.2) is 0 Å². The van der Waals surface area contributed by atoms with E-state index in [0.717, 1.165) is 23.0 Å². The van der Waals surface area contributed by atoms with Gasteiger partial charge in [-0.05, 0) is 43.4 Å². The number of rotatable bonds is 3. The van der Waals surface area contributed by atoms with E-state index in [4.69, 9.17) is 5.73 Å². The zero-order valence-electron chi connectivity index (χ0n) is 12.1. The number of hydrogen-bond acceptors (Lipinski definition) is 3. The van der Waals surface area contributed by atoms with Crippen molar-refractivity contribution in [2.24, 2.45) is 23.5 Å². The Morgan fingerprint density at radius 3 is 2.28 bits per heavy atom. The van der Waals surface area contributed by atoms with E-state index in [0.29, 0.717) is 11.3 Å². The van der Waals surface area contributed by atoms with Crippen LogP contribution in [0.2, 0.25) is 0 Å². The molecule has 2 aliphatic rings. The van der Waals surface area contributed by atoms with Gasteiger partial charge in [0.15, 0.2) is 0 Å². The van der Waals surface area contributed by atoms with Crippen LogP contribution in [-0.2, 0) is 0 Å². The monoisotopic (exact) mass is 287 g/mol. The lowest BCUT2D eigenvalue weighted by molar-refractivity contribution is 0.190. The summed E-state index contributed by atoms with van der Waals surface area (Å²) in [4.78, 5) is 0. The molecule has 0 aromatic rings. The van der Waals surface area contributed by atoms with E-state index in [1.54, 1.807) is 0 Å². The molecule has 1 aliphatic carbocycles. The molecule has 3 heteroatoms. The molecule has 5 atom stereocenters. The van der Waals surface area contributed by atoms with E-state index < -0.39 is 0 Å². The Hall–Kier alpha value is 0.660. The summed E-state index contributed by atoms with van der Waals surface area (Å²) in [5.41, 5.74) is 6.68. The Morgan fingerprint density at radius 1 is 1.06 bits per heavy atom. The van der Waals surface area contributed by atoms with Crippen molar-refractivity contribution in [2.45, 2.75) is 63.0 Å². The van der Waals surface area contributed by atoms with Crippen molar-refractivity contribution in [2.75, 3.05) is 11.5 Å². The van der Waals surface area contributed by atoms with Crippen molar-refractivity contribution in [3.05, 3.63) is 0 Å². The first-order chi connectivity index (χ1) is 8.61. The molecule has 0 amide bonds. The Bertz CT molecular complexity index is 249. The maximum Gasteiger partial charge on any atom is 0.0320 e.